The van der Waals surface area contributed by atoms with Crippen LogP contribution < -0.4 is 9.47 Å². The van der Waals surface area contributed by atoms with E-state index in [1.807, 2.05) is 56.3 Å². The molecule has 164 valence electrons. The lowest BCUT2D eigenvalue weighted by Gasteiger charge is -2.23. The van der Waals surface area contributed by atoms with Crippen LogP contribution in [0.2, 0.25) is 0 Å². The summed E-state index contributed by atoms with van der Waals surface area (Å²) in [6.07, 6.45) is 1.06. The van der Waals surface area contributed by atoms with Crippen LogP contribution in [0, 0.1) is 13.8 Å². The molecular formula is C25H28O5S. The monoisotopic (exact) mass is 440 g/mol. The number of para-hydroxylation sites is 1. The van der Waals surface area contributed by atoms with Crippen molar-refractivity contribution in [3.8, 4) is 11.5 Å². The maximum absolute atomic E-state index is 11.9. The molecule has 0 aromatic heterocycles. The number of benzene rings is 3. The van der Waals surface area contributed by atoms with Gasteiger partial charge in [-0.15, -0.1) is 0 Å². The summed E-state index contributed by atoms with van der Waals surface area (Å²) < 4.78 is 44.8. The fourth-order valence-corrected chi connectivity index (χ4v) is 4.75. The van der Waals surface area contributed by atoms with Crippen LogP contribution in [0.1, 0.15) is 40.2 Å². The molecule has 3 rings (SSSR count). The molecule has 0 bridgehead atoms. The molecule has 0 spiro atoms. The van der Waals surface area contributed by atoms with Gasteiger partial charge in [0.05, 0.1) is 19.1 Å². The van der Waals surface area contributed by atoms with Crippen molar-refractivity contribution < 1.29 is 22.4 Å². The van der Waals surface area contributed by atoms with E-state index in [0.29, 0.717) is 18.4 Å². The van der Waals surface area contributed by atoms with Crippen LogP contribution in [0.4, 0.5) is 0 Å². The Labute approximate surface area is 184 Å². The standard InChI is InChI=1S/C25H28O5S/c1-17-10-14-25(31(26,27)28)19(15-17)11-12-20(21-7-5-6-8-23(21)29-3)22-16-18(2)9-13-24(22)30-4/h5-10,13-16,20H,11-12H2,1-4H3,(H,26,27,28). The average molecular weight is 441 g/mol. The van der Waals surface area contributed by atoms with E-state index in [9.17, 15) is 13.0 Å². The van der Waals surface area contributed by atoms with E-state index in [-0.39, 0.29) is 10.8 Å². The second-order valence-corrected chi connectivity index (χ2v) is 9.05. The largest absolute Gasteiger partial charge is 0.496 e. The van der Waals surface area contributed by atoms with Gasteiger partial charge in [0.25, 0.3) is 10.1 Å². The van der Waals surface area contributed by atoms with Gasteiger partial charge < -0.3 is 9.47 Å². The highest BCUT2D eigenvalue weighted by atomic mass is 32.2. The Hall–Kier alpha value is -2.83. The van der Waals surface area contributed by atoms with E-state index in [1.165, 1.54) is 6.07 Å². The molecule has 0 radical (unpaired) electrons. The molecule has 0 heterocycles. The van der Waals surface area contributed by atoms with Crippen molar-refractivity contribution in [1.82, 2.24) is 0 Å². The Morgan fingerprint density at radius 2 is 1.45 bits per heavy atom. The molecule has 3 aromatic carbocycles. The van der Waals surface area contributed by atoms with E-state index < -0.39 is 10.1 Å². The Bertz CT molecular complexity index is 1170. The summed E-state index contributed by atoms with van der Waals surface area (Å²) in [7, 11) is -1.03. The van der Waals surface area contributed by atoms with Gasteiger partial charge in [-0.05, 0) is 50.5 Å². The predicted molar refractivity (Wildman–Crippen MR) is 122 cm³/mol. The molecular weight excluding hydrogens is 412 g/mol. The van der Waals surface area contributed by atoms with Crippen LogP contribution in [0.5, 0.6) is 11.5 Å². The van der Waals surface area contributed by atoms with Crippen molar-refractivity contribution in [3.05, 3.63) is 88.5 Å². The van der Waals surface area contributed by atoms with Crippen molar-refractivity contribution >= 4 is 10.1 Å². The van der Waals surface area contributed by atoms with Gasteiger partial charge in [0.15, 0.2) is 0 Å². The molecule has 1 unspecified atom stereocenters. The van der Waals surface area contributed by atoms with E-state index in [0.717, 1.165) is 33.8 Å². The Balaban J connectivity index is 2.10. The van der Waals surface area contributed by atoms with Crippen LogP contribution in [-0.4, -0.2) is 27.2 Å². The first-order chi connectivity index (χ1) is 14.7. The van der Waals surface area contributed by atoms with Crippen LogP contribution in [0.3, 0.4) is 0 Å². The number of rotatable bonds is 8. The third-order valence-electron chi connectivity index (χ3n) is 5.47. The Morgan fingerprint density at radius 1 is 0.839 bits per heavy atom. The highest BCUT2D eigenvalue weighted by Crippen LogP contribution is 2.40. The molecule has 1 atom stereocenters. The summed E-state index contributed by atoms with van der Waals surface area (Å²) >= 11 is 0. The second-order valence-electron chi connectivity index (χ2n) is 7.66. The van der Waals surface area contributed by atoms with Gasteiger partial charge in [-0.1, -0.05) is 53.6 Å². The quantitative estimate of drug-likeness (QED) is 0.479. The first kappa shape index (κ1) is 22.8. The highest BCUT2D eigenvalue weighted by molar-refractivity contribution is 7.85. The second kappa shape index (κ2) is 9.54. The smallest absolute Gasteiger partial charge is 0.294 e. The number of hydrogen-bond acceptors (Lipinski definition) is 4. The molecule has 0 aliphatic heterocycles. The number of hydrogen-bond donors (Lipinski definition) is 1. The zero-order valence-electron chi connectivity index (χ0n) is 18.3. The molecule has 0 amide bonds. The van der Waals surface area contributed by atoms with Gasteiger partial charge in [-0.2, -0.15) is 8.42 Å². The van der Waals surface area contributed by atoms with Crippen molar-refractivity contribution in [2.24, 2.45) is 0 Å². The minimum Gasteiger partial charge on any atom is -0.496 e. The molecule has 1 N–H and O–H groups in total. The maximum Gasteiger partial charge on any atom is 0.294 e. The van der Waals surface area contributed by atoms with Crippen molar-refractivity contribution in [2.75, 3.05) is 14.2 Å². The van der Waals surface area contributed by atoms with Crippen LogP contribution in [0.25, 0.3) is 0 Å². The number of ether oxygens (including phenoxy) is 2. The lowest BCUT2D eigenvalue weighted by atomic mass is 9.84. The van der Waals surface area contributed by atoms with Crippen LogP contribution in [0.15, 0.2) is 65.6 Å². The summed E-state index contributed by atoms with van der Waals surface area (Å²) in [5.74, 6) is 1.43. The summed E-state index contributed by atoms with van der Waals surface area (Å²) in [5.41, 5.74) is 4.63. The van der Waals surface area contributed by atoms with E-state index in [1.54, 1.807) is 20.3 Å². The zero-order chi connectivity index (χ0) is 22.6. The van der Waals surface area contributed by atoms with Gasteiger partial charge in [0.2, 0.25) is 0 Å². The lowest BCUT2D eigenvalue weighted by molar-refractivity contribution is 0.397. The molecule has 0 fully saturated rings. The van der Waals surface area contributed by atoms with Crippen molar-refractivity contribution in [1.29, 1.82) is 0 Å². The van der Waals surface area contributed by atoms with Gasteiger partial charge in [0, 0.05) is 17.0 Å². The SMILES string of the molecule is COc1ccccc1C(CCc1cc(C)ccc1S(=O)(=O)O)c1cc(C)ccc1OC. The Kier molecular flexibility index (Phi) is 7.03. The molecule has 3 aromatic rings. The minimum absolute atomic E-state index is 0.0481. The van der Waals surface area contributed by atoms with Gasteiger partial charge in [-0.25, -0.2) is 0 Å². The average Bonchev–Trinajstić information content (AvgIpc) is 2.73. The van der Waals surface area contributed by atoms with Crippen LogP contribution in [-0.2, 0) is 16.5 Å². The summed E-state index contributed by atoms with van der Waals surface area (Å²) in [6.45, 7) is 3.93. The molecule has 0 saturated heterocycles. The van der Waals surface area contributed by atoms with Gasteiger partial charge in [-0.3, -0.25) is 4.55 Å². The molecule has 5 nitrogen and oxygen atoms in total. The fourth-order valence-electron chi connectivity index (χ4n) is 4.01. The number of methoxy groups -OCH3 is 2. The predicted octanol–water partition coefficient (Wildman–Crippen LogP) is 5.33. The van der Waals surface area contributed by atoms with E-state index in [2.05, 4.69) is 6.07 Å². The van der Waals surface area contributed by atoms with Crippen molar-refractivity contribution in [2.45, 2.75) is 37.5 Å². The maximum atomic E-state index is 11.9. The van der Waals surface area contributed by atoms with Crippen molar-refractivity contribution in [3.63, 3.8) is 0 Å². The van der Waals surface area contributed by atoms with Gasteiger partial charge >= 0.3 is 0 Å². The molecule has 31 heavy (non-hydrogen) atoms. The fraction of sp³-hybridized carbons (Fsp3) is 0.280. The summed E-state index contributed by atoms with van der Waals surface area (Å²) in [4.78, 5) is -0.0481. The normalized spacial score (nSPS) is 12.4. The summed E-state index contributed by atoms with van der Waals surface area (Å²) in [5, 5.41) is 0. The minimum atomic E-state index is -4.31. The van der Waals surface area contributed by atoms with Gasteiger partial charge in [0.1, 0.15) is 11.5 Å². The topological polar surface area (TPSA) is 72.8 Å². The molecule has 0 aliphatic rings. The third-order valence-corrected chi connectivity index (χ3v) is 6.43. The molecule has 0 saturated carbocycles. The van der Waals surface area contributed by atoms with Crippen LogP contribution >= 0.6 is 0 Å². The third kappa shape index (κ3) is 5.27. The lowest BCUT2D eigenvalue weighted by Crippen LogP contribution is -2.09. The first-order valence-corrected chi connectivity index (χ1v) is 11.5. The first-order valence-electron chi connectivity index (χ1n) is 10.1. The summed E-state index contributed by atoms with van der Waals surface area (Å²) in [6, 6.07) is 18.8. The molecule has 0 aliphatic carbocycles. The van der Waals surface area contributed by atoms with E-state index in [4.69, 9.17) is 9.47 Å². The highest BCUT2D eigenvalue weighted by Gasteiger charge is 2.23. The zero-order valence-corrected chi connectivity index (χ0v) is 19.1. The molecule has 6 heteroatoms. The van der Waals surface area contributed by atoms with E-state index >= 15 is 0 Å². The Morgan fingerprint density at radius 3 is 2.13 bits per heavy atom. The number of aryl methyl sites for hydroxylation is 3.